The number of nitrogens with zero attached hydrogens (tertiary/aromatic N) is 5. The molecule has 0 spiro atoms. The van der Waals surface area contributed by atoms with E-state index in [1.807, 2.05) is 17.9 Å². The van der Waals surface area contributed by atoms with Gasteiger partial charge in [0.1, 0.15) is 11.6 Å². The summed E-state index contributed by atoms with van der Waals surface area (Å²) in [6.07, 6.45) is 4.40. The Bertz CT molecular complexity index is 697. The largest absolute Gasteiger partial charge is 0.347 e. The maximum absolute atomic E-state index is 4.98. The van der Waals surface area contributed by atoms with Gasteiger partial charge in [-0.05, 0) is 12.8 Å². The van der Waals surface area contributed by atoms with Crippen LogP contribution in [-0.4, -0.2) is 44.9 Å². The molecule has 1 N–H and O–H groups in total. The van der Waals surface area contributed by atoms with E-state index in [2.05, 4.69) is 36.1 Å². The van der Waals surface area contributed by atoms with Gasteiger partial charge >= 0.3 is 0 Å². The lowest BCUT2D eigenvalue weighted by atomic mass is 9.95. The van der Waals surface area contributed by atoms with Gasteiger partial charge in [-0.25, -0.2) is 9.97 Å². The van der Waals surface area contributed by atoms with E-state index in [0.29, 0.717) is 12.1 Å². The number of anilines is 1. The molecule has 118 valence electrons. The molecule has 2 saturated heterocycles. The zero-order chi connectivity index (χ0) is 15.5. The molecule has 2 fully saturated rings. The second-order valence-electron chi connectivity index (χ2n) is 7.58. The first kappa shape index (κ1) is 13.9. The number of nitrogens with one attached hydrogen (secondary N) is 1. The second-order valence-corrected chi connectivity index (χ2v) is 7.58. The SMILES string of the molecule is Cn1ncc2c(N3[C@@H]4CC[C@H]3CNC4)nc(C(C)(C)C)nc21. The van der Waals surface area contributed by atoms with Crippen molar-refractivity contribution < 1.29 is 0 Å². The topological polar surface area (TPSA) is 58.9 Å². The number of aryl methyl sites for hydroxylation is 1. The average molecular weight is 300 g/mol. The van der Waals surface area contributed by atoms with E-state index in [1.54, 1.807) is 0 Å². The molecule has 2 aliphatic rings. The quantitative estimate of drug-likeness (QED) is 0.867. The Morgan fingerprint density at radius 2 is 1.82 bits per heavy atom. The van der Waals surface area contributed by atoms with Crippen LogP contribution < -0.4 is 10.2 Å². The minimum Gasteiger partial charge on any atom is -0.347 e. The van der Waals surface area contributed by atoms with Crippen LogP contribution in [0.4, 0.5) is 5.82 Å². The highest BCUT2D eigenvalue weighted by atomic mass is 15.3. The lowest BCUT2D eigenvalue weighted by molar-refractivity contribution is 0.478. The van der Waals surface area contributed by atoms with Crippen LogP contribution in [0.2, 0.25) is 0 Å². The van der Waals surface area contributed by atoms with E-state index in [0.717, 1.165) is 35.8 Å². The van der Waals surface area contributed by atoms with Gasteiger partial charge in [-0.2, -0.15) is 5.10 Å². The molecule has 0 unspecified atom stereocenters. The third kappa shape index (κ3) is 2.00. The van der Waals surface area contributed by atoms with E-state index in [4.69, 9.17) is 9.97 Å². The molecule has 22 heavy (non-hydrogen) atoms. The molecule has 4 heterocycles. The van der Waals surface area contributed by atoms with Crippen LogP contribution in [-0.2, 0) is 12.5 Å². The summed E-state index contributed by atoms with van der Waals surface area (Å²) in [5.41, 5.74) is 0.869. The molecular formula is C16H24N6. The minimum absolute atomic E-state index is 0.0692. The van der Waals surface area contributed by atoms with E-state index in [-0.39, 0.29) is 5.41 Å². The predicted octanol–water partition coefficient (Wildman–Crippen LogP) is 1.60. The molecule has 6 heteroatoms. The maximum atomic E-state index is 4.98. The summed E-state index contributed by atoms with van der Waals surface area (Å²) in [5.74, 6) is 1.98. The molecule has 0 aliphatic carbocycles. The Balaban J connectivity index is 1.92. The van der Waals surface area contributed by atoms with Crippen molar-refractivity contribution in [2.45, 2.75) is 51.1 Å². The Labute approximate surface area is 130 Å². The zero-order valence-electron chi connectivity index (χ0n) is 13.8. The van der Waals surface area contributed by atoms with Crippen LogP contribution in [0.3, 0.4) is 0 Å². The number of hydrogen-bond donors (Lipinski definition) is 1. The van der Waals surface area contributed by atoms with Gasteiger partial charge in [0.15, 0.2) is 5.65 Å². The summed E-state index contributed by atoms with van der Waals surface area (Å²) in [5, 5.41) is 9.03. The smallest absolute Gasteiger partial charge is 0.163 e. The Kier molecular flexibility index (Phi) is 2.95. The molecule has 2 atom stereocenters. The first-order chi connectivity index (χ1) is 10.4. The van der Waals surface area contributed by atoms with Crippen molar-refractivity contribution in [1.29, 1.82) is 0 Å². The zero-order valence-corrected chi connectivity index (χ0v) is 13.8. The number of aromatic nitrogens is 4. The summed E-state index contributed by atoms with van der Waals surface area (Å²) >= 11 is 0. The molecule has 0 amide bonds. The third-order valence-electron chi connectivity index (χ3n) is 4.87. The summed E-state index contributed by atoms with van der Waals surface area (Å²) < 4.78 is 1.86. The van der Waals surface area contributed by atoms with Crippen molar-refractivity contribution in [2.24, 2.45) is 7.05 Å². The first-order valence-electron chi connectivity index (χ1n) is 8.14. The summed E-state index contributed by atoms with van der Waals surface area (Å²) in [6, 6.07) is 1.09. The van der Waals surface area contributed by atoms with Crippen molar-refractivity contribution in [3.05, 3.63) is 12.0 Å². The Hall–Kier alpha value is -1.69. The van der Waals surface area contributed by atoms with Crippen molar-refractivity contribution in [3.63, 3.8) is 0 Å². The number of hydrogen-bond acceptors (Lipinski definition) is 5. The van der Waals surface area contributed by atoms with Crippen LogP contribution in [0.25, 0.3) is 11.0 Å². The van der Waals surface area contributed by atoms with Crippen molar-refractivity contribution >= 4 is 16.9 Å². The Morgan fingerprint density at radius 1 is 1.14 bits per heavy atom. The highest BCUT2D eigenvalue weighted by Gasteiger charge is 2.39. The van der Waals surface area contributed by atoms with Gasteiger partial charge in [-0.15, -0.1) is 0 Å². The predicted molar refractivity (Wildman–Crippen MR) is 87.2 cm³/mol. The van der Waals surface area contributed by atoms with Crippen molar-refractivity contribution in [2.75, 3.05) is 18.0 Å². The van der Waals surface area contributed by atoms with Crippen molar-refractivity contribution in [3.8, 4) is 0 Å². The minimum atomic E-state index is -0.0692. The molecule has 2 aromatic heterocycles. The maximum Gasteiger partial charge on any atom is 0.163 e. The lowest BCUT2D eigenvalue weighted by Crippen LogP contribution is -2.52. The fraction of sp³-hybridized carbons (Fsp3) is 0.688. The molecule has 0 saturated carbocycles. The van der Waals surface area contributed by atoms with Crippen LogP contribution in [0.5, 0.6) is 0 Å². The fourth-order valence-corrected chi connectivity index (χ4v) is 3.66. The van der Waals surface area contributed by atoms with Crippen molar-refractivity contribution in [1.82, 2.24) is 25.1 Å². The summed E-state index contributed by atoms with van der Waals surface area (Å²) in [4.78, 5) is 12.3. The Morgan fingerprint density at radius 3 is 2.45 bits per heavy atom. The van der Waals surface area contributed by atoms with E-state index >= 15 is 0 Å². The van der Waals surface area contributed by atoms with Gasteiger partial charge in [-0.1, -0.05) is 20.8 Å². The van der Waals surface area contributed by atoms with E-state index < -0.39 is 0 Å². The molecule has 0 aromatic carbocycles. The monoisotopic (exact) mass is 300 g/mol. The summed E-state index contributed by atoms with van der Waals surface area (Å²) in [7, 11) is 1.96. The molecular weight excluding hydrogens is 276 g/mol. The lowest BCUT2D eigenvalue weighted by Gasteiger charge is -2.37. The van der Waals surface area contributed by atoms with Gasteiger partial charge in [0.05, 0.1) is 11.6 Å². The van der Waals surface area contributed by atoms with Crippen LogP contribution in [0.15, 0.2) is 6.20 Å². The number of rotatable bonds is 1. The second kappa shape index (κ2) is 4.65. The highest BCUT2D eigenvalue weighted by molar-refractivity contribution is 5.87. The van der Waals surface area contributed by atoms with E-state index in [9.17, 15) is 0 Å². The fourth-order valence-electron chi connectivity index (χ4n) is 3.66. The molecule has 2 bridgehead atoms. The molecule has 4 rings (SSSR count). The van der Waals surface area contributed by atoms with Crippen LogP contribution in [0, 0.1) is 0 Å². The van der Waals surface area contributed by atoms with Gasteiger partial charge in [0, 0.05) is 37.6 Å². The number of piperazine rings is 1. The standard InChI is InChI=1S/C16H24N6/c1-16(2,3)15-19-13-12(9-18-21(13)4)14(20-15)22-10-5-6-11(22)8-17-7-10/h9-11,17H,5-8H2,1-4H3/t10-,11+. The average Bonchev–Trinajstić information content (AvgIpc) is 2.95. The van der Waals surface area contributed by atoms with E-state index in [1.165, 1.54) is 12.8 Å². The van der Waals surface area contributed by atoms with Crippen LogP contribution >= 0.6 is 0 Å². The van der Waals surface area contributed by atoms with Gasteiger partial charge < -0.3 is 10.2 Å². The van der Waals surface area contributed by atoms with Crippen LogP contribution in [0.1, 0.15) is 39.4 Å². The third-order valence-corrected chi connectivity index (χ3v) is 4.87. The normalized spacial score (nSPS) is 25.2. The number of fused-ring (bicyclic) bond motifs is 3. The molecule has 2 aromatic rings. The first-order valence-corrected chi connectivity index (χ1v) is 8.14. The molecule has 2 aliphatic heterocycles. The van der Waals surface area contributed by atoms with Gasteiger partial charge in [-0.3, -0.25) is 4.68 Å². The highest BCUT2D eigenvalue weighted by Crippen LogP contribution is 2.36. The molecule has 0 radical (unpaired) electrons. The molecule has 6 nitrogen and oxygen atoms in total. The van der Waals surface area contributed by atoms with Gasteiger partial charge in [0.2, 0.25) is 0 Å². The summed E-state index contributed by atoms with van der Waals surface area (Å²) in [6.45, 7) is 8.60. The van der Waals surface area contributed by atoms with Gasteiger partial charge in [0.25, 0.3) is 0 Å².